The van der Waals surface area contributed by atoms with Crippen molar-refractivity contribution < 1.29 is 4.74 Å². The van der Waals surface area contributed by atoms with Gasteiger partial charge in [0.15, 0.2) is 0 Å². The van der Waals surface area contributed by atoms with Crippen LogP contribution in [0, 0.1) is 5.41 Å². The number of hydrogen-bond donors (Lipinski definition) is 1. The van der Waals surface area contributed by atoms with Crippen molar-refractivity contribution >= 4 is 11.3 Å². The number of nitrogens with one attached hydrogen (secondary N) is 1. The van der Waals surface area contributed by atoms with E-state index in [1.54, 1.807) is 11.3 Å². The minimum Gasteiger partial charge on any atom is -0.379 e. The number of hydrogen-bond acceptors (Lipinski definition) is 7. The zero-order valence-corrected chi connectivity index (χ0v) is 14.7. The van der Waals surface area contributed by atoms with Crippen molar-refractivity contribution in [2.75, 3.05) is 39.4 Å². The van der Waals surface area contributed by atoms with E-state index in [2.05, 4.69) is 35.6 Å². The monoisotopic (exact) mass is 348 g/mol. The van der Waals surface area contributed by atoms with E-state index >= 15 is 0 Å². The van der Waals surface area contributed by atoms with Crippen LogP contribution < -0.4 is 0 Å². The molecule has 4 heterocycles. The summed E-state index contributed by atoms with van der Waals surface area (Å²) in [5.41, 5.74) is 1.22. The molecular formula is C16H24N6OS. The molecule has 0 aliphatic carbocycles. The first-order valence-corrected chi connectivity index (χ1v) is 9.45. The van der Waals surface area contributed by atoms with Crippen molar-refractivity contribution in [1.82, 2.24) is 30.2 Å². The number of aromatic nitrogens is 4. The van der Waals surface area contributed by atoms with Crippen molar-refractivity contribution in [3.63, 3.8) is 0 Å². The van der Waals surface area contributed by atoms with E-state index in [9.17, 15) is 0 Å². The molecule has 0 aromatic carbocycles. The van der Waals surface area contributed by atoms with Gasteiger partial charge in [-0.25, -0.2) is 4.98 Å². The normalized spacial score (nSPS) is 26.7. The summed E-state index contributed by atoms with van der Waals surface area (Å²) < 4.78 is 6.00. The molecule has 1 spiro atoms. The van der Waals surface area contributed by atoms with Crippen LogP contribution in [0.4, 0.5) is 0 Å². The number of piperidine rings is 1. The Morgan fingerprint density at radius 2 is 2.17 bits per heavy atom. The first-order chi connectivity index (χ1) is 11.8. The number of thiazole rings is 1. The first kappa shape index (κ1) is 16.1. The van der Waals surface area contributed by atoms with Crippen molar-refractivity contribution in [2.45, 2.75) is 25.9 Å². The molecule has 0 radical (unpaired) electrons. The van der Waals surface area contributed by atoms with E-state index in [0.717, 1.165) is 58.2 Å². The predicted octanol–water partition coefficient (Wildman–Crippen LogP) is 1.38. The molecule has 2 fully saturated rings. The Labute approximate surface area is 146 Å². The summed E-state index contributed by atoms with van der Waals surface area (Å²) in [7, 11) is 0. The van der Waals surface area contributed by atoms with Gasteiger partial charge >= 0.3 is 0 Å². The second-order valence-corrected chi connectivity index (χ2v) is 7.94. The molecule has 1 N–H and O–H groups in total. The fraction of sp³-hybridized carbons (Fsp3) is 0.688. The van der Waals surface area contributed by atoms with E-state index in [1.165, 1.54) is 17.8 Å². The van der Waals surface area contributed by atoms with E-state index in [-0.39, 0.29) is 5.41 Å². The third-order valence-corrected chi connectivity index (χ3v) is 5.72. The topological polar surface area (TPSA) is 70.2 Å². The molecule has 2 saturated heterocycles. The number of likely N-dealkylation sites (tertiary alicyclic amines) is 1. The largest absolute Gasteiger partial charge is 0.379 e. The van der Waals surface area contributed by atoms with Gasteiger partial charge in [0.25, 0.3) is 0 Å². The SMILES string of the molecule is c1csc(CN2CCCC3(COCCN(Cc4cn[nH]n4)C3)C2)n1. The van der Waals surface area contributed by atoms with Gasteiger partial charge in [-0.1, -0.05) is 0 Å². The van der Waals surface area contributed by atoms with Gasteiger partial charge < -0.3 is 4.74 Å². The average molecular weight is 348 g/mol. The Morgan fingerprint density at radius 3 is 2.96 bits per heavy atom. The number of ether oxygens (including phenoxy) is 1. The van der Waals surface area contributed by atoms with Crippen molar-refractivity contribution in [3.05, 3.63) is 28.5 Å². The van der Waals surface area contributed by atoms with E-state index in [1.807, 2.05) is 12.4 Å². The molecule has 2 aromatic rings. The zero-order chi connectivity index (χ0) is 16.2. The highest BCUT2D eigenvalue weighted by Gasteiger charge is 2.39. The van der Waals surface area contributed by atoms with Crippen molar-refractivity contribution in [3.8, 4) is 0 Å². The fourth-order valence-electron chi connectivity index (χ4n) is 3.96. The van der Waals surface area contributed by atoms with Gasteiger partial charge in [-0.3, -0.25) is 9.80 Å². The maximum absolute atomic E-state index is 6.00. The standard InChI is InChI=1S/C16H24N6OS/c1-2-16(11-21(4-1)10-15-17-3-7-24-15)12-22(5-6-23-13-16)9-14-8-18-20-19-14/h3,7-8H,1-2,4-6,9-13H2,(H,18,19,20). The van der Waals surface area contributed by atoms with Gasteiger partial charge in [0.05, 0.1) is 31.6 Å². The Morgan fingerprint density at radius 1 is 1.25 bits per heavy atom. The Bertz CT molecular complexity index is 619. The summed E-state index contributed by atoms with van der Waals surface area (Å²) in [6.45, 7) is 7.72. The quantitative estimate of drug-likeness (QED) is 0.900. The summed E-state index contributed by atoms with van der Waals surface area (Å²) in [5, 5.41) is 14.1. The highest BCUT2D eigenvalue weighted by atomic mass is 32.1. The summed E-state index contributed by atoms with van der Waals surface area (Å²) in [5.74, 6) is 0. The minimum atomic E-state index is 0.218. The molecule has 0 saturated carbocycles. The number of nitrogens with zero attached hydrogens (tertiary/aromatic N) is 5. The van der Waals surface area contributed by atoms with Crippen LogP contribution in [-0.4, -0.2) is 69.6 Å². The Kier molecular flexibility index (Phi) is 4.88. The lowest BCUT2D eigenvalue weighted by Gasteiger charge is -2.43. The lowest BCUT2D eigenvalue weighted by molar-refractivity contribution is 0.00240. The lowest BCUT2D eigenvalue weighted by Crippen LogP contribution is -2.50. The summed E-state index contributed by atoms with van der Waals surface area (Å²) >= 11 is 1.75. The summed E-state index contributed by atoms with van der Waals surface area (Å²) in [4.78, 5) is 9.46. The van der Waals surface area contributed by atoms with Crippen LogP contribution in [0.2, 0.25) is 0 Å². The fourth-order valence-corrected chi connectivity index (χ4v) is 4.62. The highest BCUT2D eigenvalue weighted by molar-refractivity contribution is 7.09. The molecule has 2 aliphatic rings. The van der Waals surface area contributed by atoms with Crippen molar-refractivity contribution in [1.29, 1.82) is 0 Å². The molecule has 7 nitrogen and oxygen atoms in total. The van der Waals surface area contributed by atoms with Crippen LogP contribution in [0.1, 0.15) is 23.5 Å². The molecular weight excluding hydrogens is 324 g/mol. The molecule has 0 bridgehead atoms. The van der Waals surface area contributed by atoms with Gasteiger partial charge in [0, 0.05) is 43.2 Å². The molecule has 2 aliphatic heterocycles. The van der Waals surface area contributed by atoms with Gasteiger partial charge in [-0.15, -0.1) is 11.3 Å². The lowest BCUT2D eigenvalue weighted by atomic mass is 9.80. The van der Waals surface area contributed by atoms with Crippen LogP contribution in [0.25, 0.3) is 0 Å². The third-order valence-electron chi connectivity index (χ3n) is 4.95. The van der Waals surface area contributed by atoms with Gasteiger partial charge in [0.1, 0.15) is 5.01 Å². The predicted molar refractivity (Wildman–Crippen MR) is 91.5 cm³/mol. The molecule has 1 unspecified atom stereocenters. The molecule has 2 aromatic heterocycles. The molecule has 1 atom stereocenters. The highest BCUT2D eigenvalue weighted by Crippen LogP contribution is 2.34. The molecule has 0 amide bonds. The molecule has 8 heteroatoms. The van der Waals surface area contributed by atoms with Crippen LogP contribution in [0.3, 0.4) is 0 Å². The molecule has 4 rings (SSSR count). The van der Waals surface area contributed by atoms with E-state index in [4.69, 9.17) is 4.74 Å². The average Bonchev–Trinajstić information content (AvgIpc) is 3.22. The maximum Gasteiger partial charge on any atom is 0.107 e. The summed E-state index contributed by atoms with van der Waals surface area (Å²) in [6.07, 6.45) is 6.17. The van der Waals surface area contributed by atoms with Gasteiger partial charge in [0.2, 0.25) is 0 Å². The number of H-pyrrole nitrogens is 1. The second kappa shape index (κ2) is 7.26. The van der Waals surface area contributed by atoms with Gasteiger partial charge in [-0.05, 0) is 19.4 Å². The second-order valence-electron chi connectivity index (χ2n) is 6.96. The Hall–Kier alpha value is -1.35. The van der Waals surface area contributed by atoms with Crippen LogP contribution >= 0.6 is 11.3 Å². The van der Waals surface area contributed by atoms with Crippen molar-refractivity contribution in [2.24, 2.45) is 5.41 Å². The molecule has 130 valence electrons. The van der Waals surface area contributed by atoms with Crippen LogP contribution in [0.15, 0.2) is 17.8 Å². The number of rotatable bonds is 4. The van der Waals surface area contributed by atoms with Crippen LogP contribution in [-0.2, 0) is 17.8 Å². The minimum absolute atomic E-state index is 0.218. The first-order valence-electron chi connectivity index (χ1n) is 8.57. The Balaban J connectivity index is 1.43. The third kappa shape index (κ3) is 3.83. The van der Waals surface area contributed by atoms with E-state index < -0.39 is 0 Å². The summed E-state index contributed by atoms with van der Waals surface area (Å²) in [6, 6.07) is 0. The van der Waals surface area contributed by atoms with E-state index in [0.29, 0.717) is 0 Å². The smallest absolute Gasteiger partial charge is 0.107 e. The van der Waals surface area contributed by atoms with Crippen LogP contribution in [0.5, 0.6) is 0 Å². The molecule has 24 heavy (non-hydrogen) atoms. The zero-order valence-electron chi connectivity index (χ0n) is 13.9. The number of aromatic amines is 1. The maximum atomic E-state index is 6.00. The van der Waals surface area contributed by atoms with Gasteiger partial charge in [-0.2, -0.15) is 15.4 Å².